The first kappa shape index (κ1) is 13.8. The Morgan fingerprint density at radius 1 is 1.41 bits per heavy atom. The van der Waals surface area contributed by atoms with Gasteiger partial charge < -0.3 is 9.88 Å². The van der Waals surface area contributed by atoms with Gasteiger partial charge in [-0.1, -0.05) is 23.7 Å². The van der Waals surface area contributed by atoms with E-state index >= 15 is 0 Å². The van der Waals surface area contributed by atoms with Gasteiger partial charge in [-0.25, -0.2) is 0 Å². The van der Waals surface area contributed by atoms with Crippen LogP contribution in [0.4, 0.5) is 0 Å². The molecule has 1 aliphatic carbocycles. The van der Waals surface area contributed by atoms with E-state index in [0.717, 1.165) is 48.0 Å². The average molecular weight is 317 g/mol. The molecule has 0 radical (unpaired) electrons. The second-order valence-corrected chi connectivity index (χ2v) is 6.45. The Labute approximate surface area is 133 Å². The molecule has 0 unspecified atom stereocenters. The van der Waals surface area contributed by atoms with E-state index in [0.29, 0.717) is 12.5 Å². The molecule has 2 aromatic rings. The molecule has 1 aromatic carbocycles. The summed E-state index contributed by atoms with van der Waals surface area (Å²) >= 11 is 6.01. The van der Waals surface area contributed by atoms with Crippen LogP contribution in [0, 0.1) is 5.92 Å². The first-order valence-electron chi connectivity index (χ1n) is 7.66. The van der Waals surface area contributed by atoms with Gasteiger partial charge in [0.1, 0.15) is 5.82 Å². The van der Waals surface area contributed by atoms with Crippen LogP contribution in [0.3, 0.4) is 0 Å². The highest BCUT2D eigenvalue weighted by Gasteiger charge is 2.43. The lowest BCUT2D eigenvalue weighted by Gasteiger charge is -2.06. The van der Waals surface area contributed by atoms with Crippen LogP contribution in [-0.2, 0) is 24.3 Å². The first-order chi connectivity index (χ1) is 10.7. The molecule has 1 aromatic heterocycles. The Kier molecular flexibility index (Phi) is 3.37. The number of rotatable bonds is 4. The van der Waals surface area contributed by atoms with Crippen LogP contribution in [0.5, 0.6) is 0 Å². The molecule has 2 heterocycles. The lowest BCUT2D eigenvalue weighted by atomic mass is 10.1. The zero-order valence-electron chi connectivity index (χ0n) is 12.1. The quantitative estimate of drug-likeness (QED) is 0.941. The van der Waals surface area contributed by atoms with Crippen LogP contribution in [-0.4, -0.2) is 20.7 Å². The lowest BCUT2D eigenvalue weighted by Crippen LogP contribution is -2.26. The largest absolute Gasteiger partial charge is 0.349 e. The average Bonchev–Trinajstić information content (AvgIpc) is 3.02. The number of fused-ring (bicyclic) bond motifs is 1. The number of nitrogens with zero attached hydrogens (tertiary/aromatic N) is 3. The maximum Gasteiger partial charge on any atom is 0.224 e. The molecule has 0 saturated heterocycles. The van der Waals surface area contributed by atoms with Gasteiger partial charge in [0.2, 0.25) is 5.91 Å². The number of amides is 1. The van der Waals surface area contributed by atoms with E-state index in [1.165, 1.54) is 0 Å². The Hall–Kier alpha value is -1.88. The minimum Gasteiger partial charge on any atom is -0.349 e. The number of hydrogen-bond acceptors (Lipinski definition) is 3. The van der Waals surface area contributed by atoms with E-state index in [4.69, 9.17) is 11.6 Å². The van der Waals surface area contributed by atoms with E-state index in [1.54, 1.807) is 0 Å². The number of aromatic nitrogens is 3. The third-order valence-corrected chi connectivity index (χ3v) is 4.75. The molecule has 1 amide bonds. The summed E-state index contributed by atoms with van der Waals surface area (Å²) in [6, 6.07) is 7.78. The van der Waals surface area contributed by atoms with Crippen LogP contribution in [0.1, 0.15) is 36.0 Å². The molecular weight excluding hydrogens is 300 g/mol. The SMILES string of the molecule is O=C(NCc1nnc2n1CCC2)[C@H]1C[C@@H]1c1cccc(Cl)c1. The van der Waals surface area contributed by atoms with Crippen LogP contribution in [0.15, 0.2) is 24.3 Å². The predicted octanol–water partition coefficient (Wildman–Crippen LogP) is 2.30. The molecule has 4 rings (SSSR count). The monoisotopic (exact) mass is 316 g/mol. The normalized spacial score (nSPS) is 22.4. The minimum absolute atomic E-state index is 0.0550. The van der Waals surface area contributed by atoms with Crippen LogP contribution >= 0.6 is 11.6 Å². The minimum atomic E-state index is 0.0550. The van der Waals surface area contributed by atoms with E-state index in [9.17, 15) is 4.79 Å². The van der Waals surface area contributed by atoms with Gasteiger partial charge in [-0.05, 0) is 36.5 Å². The Morgan fingerprint density at radius 2 is 2.32 bits per heavy atom. The van der Waals surface area contributed by atoms with Crippen molar-refractivity contribution in [3.8, 4) is 0 Å². The summed E-state index contributed by atoms with van der Waals surface area (Å²) in [6.07, 6.45) is 3.00. The van der Waals surface area contributed by atoms with Crippen LogP contribution < -0.4 is 5.32 Å². The fourth-order valence-electron chi connectivity index (χ4n) is 3.23. The van der Waals surface area contributed by atoms with E-state index < -0.39 is 0 Å². The third kappa shape index (κ3) is 2.50. The molecule has 6 heteroatoms. The lowest BCUT2D eigenvalue weighted by molar-refractivity contribution is -0.122. The Bertz CT molecular complexity index is 727. The summed E-state index contributed by atoms with van der Waals surface area (Å²) in [5, 5.41) is 12.0. The van der Waals surface area contributed by atoms with Crippen LogP contribution in [0.2, 0.25) is 5.02 Å². The predicted molar refractivity (Wildman–Crippen MR) is 82.5 cm³/mol. The van der Waals surface area contributed by atoms with Crippen molar-refractivity contribution in [2.75, 3.05) is 0 Å². The summed E-state index contributed by atoms with van der Waals surface area (Å²) in [7, 11) is 0. The first-order valence-corrected chi connectivity index (χ1v) is 8.04. The van der Waals surface area contributed by atoms with Crippen molar-refractivity contribution >= 4 is 17.5 Å². The van der Waals surface area contributed by atoms with Gasteiger partial charge in [-0.3, -0.25) is 4.79 Å². The second-order valence-electron chi connectivity index (χ2n) is 6.01. The van der Waals surface area contributed by atoms with Crippen LogP contribution in [0.25, 0.3) is 0 Å². The number of benzene rings is 1. The summed E-state index contributed by atoms with van der Waals surface area (Å²) in [6.45, 7) is 1.42. The maximum absolute atomic E-state index is 12.3. The van der Waals surface area contributed by atoms with Crippen molar-refractivity contribution in [1.82, 2.24) is 20.1 Å². The van der Waals surface area contributed by atoms with E-state index in [1.807, 2.05) is 24.3 Å². The third-order valence-electron chi connectivity index (χ3n) is 4.51. The fraction of sp³-hybridized carbons (Fsp3) is 0.438. The molecule has 1 N–H and O–H groups in total. The molecule has 5 nitrogen and oxygen atoms in total. The van der Waals surface area contributed by atoms with Crippen molar-refractivity contribution in [2.24, 2.45) is 5.92 Å². The molecular formula is C16H17ClN4O. The molecule has 0 bridgehead atoms. The van der Waals surface area contributed by atoms with E-state index in [-0.39, 0.29) is 11.8 Å². The van der Waals surface area contributed by atoms with Gasteiger partial charge in [-0.15, -0.1) is 10.2 Å². The molecule has 1 saturated carbocycles. The highest BCUT2D eigenvalue weighted by Crippen LogP contribution is 2.47. The zero-order valence-corrected chi connectivity index (χ0v) is 12.9. The van der Waals surface area contributed by atoms with E-state index in [2.05, 4.69) is 20.1 Å². The van der Waals surface area contributed by atoms with Gasteiger partial charge in [0, 0.05) is 23.9 Å². The van der Waals surface area contributed by atoms with Crippen molar-refractivity contribution in [1.29, 1.82) is 0 Å². The number of hydrogen-bond donors (Lipinski definition) is 1. The smallest absolute Gasteiger partial charge is 0.224 e. The highest BCUT2D eigenvalue weighted by molar-refractivity contribution is 6.30. The summed E-state index contributed by atoms with van der Waals surface area (Å²) in [5.74, 6) is 2.34. The number of carbonyl (C=O) groups excluding carboxylic acids is 1. The second kappa shape index (κ2) is 5.39. The number of nitrogens with one attached hydrogen (secondary N) is 1. The Morgan fingerprint density at radius 3 is 3.18 bits per heavy atom. The highest BCUT2D eigenvalue weighted by atomic mass is 35.5. The molecule has 2 aliphatic rings. The fourth-order valence-corrected chi connectivity index (χ4v) is 3.43. The number of halogens is 1. The molecule has 22 heavy (non-hydrogen) atoms. The number of aryl methyl sites for hydroxylation is 1. The van der Waals surface area contributed by atoms with Crippen molar-refractivity contribution < 1.29 is 4.79 Å². The molecule has 0 spiro atoms. The standard InChI is InChI=1S/C16H17ClN4O/c17-11-4-1-3-10(7-11)12-8-13(12)16(22)18-9-15-20-19-14-5-2-6-21(14)15/h1,3-4,7,12-13H,2,5-6,8-9H2,(H,18,22)/t12-,13+/m1/s1. The van der Waals surface area contributed by atoms with Gasteiger partial charge in [-0.2, -0.15) is 0 Å². The number of carbonyl (C=O) groups is 1. The van der Waals surface area contributed by atoms with Gasteiger partial charge >= 0.3 is 0 Å². The molecule has 1 aliphatic heterocycles. The summed E-state index contributed by atoms with van der Waals surface area (Å²) < 4.78 is 2.11. The van der Waals surface area contributed by atoms with Gasteiger partial charge in [0.25, 0.3) is 0 Å². The zero-order chi connectivity index (χ0) is 15.1. The summed E-state index contributed by atoms with van der Waals surface area (Å²) in [5.41, 5.74) is 1.15. The van der Waals surface area contributed by atoms with Gasteiger partial charge in [0.05, 0.1) is 6.54 Å². The maximum atomic E-state index is 12.3. The molecule has 2 atom stereocenters. The Balaban J connectivity index is 1.36. The van der Waals surface area contributed by atoms with Crippen molar-refractivity contribution in [3.63, 3.8) is 0 Å². The molecule has 1 fully saturated rings. The van der Waals surface area contributed by atoms with Gasteiger partial charge in [0.15, 0.2) is 5.82 Å². The topological polar surface area (TPSA) is 59.8 Å². The van der Waals surface area contributed by atoms with Crippen molar-refractivity contribution in [2.45, 2.75) is 38.3 Å². The summed E-state index contributed by atoms with van der Waals surface area (Å²) in [4.78, 5) is 12.3. The molecule has 114 valence electrons. The van der Waals surface area contributed by atoms with Crippen molar-refractivity contribution in [3.05, 3.63) is 46.5 Å².